The number of carbonyl (C=O) groups excluding carboxylic acids is 2. The van der Waals surface area contributed by atoms with Crippen molar-refractivity contribution in [3.8, 4) is 0 Å². The zero-order chi connectivity index (χ0) is 18.4. The van der Waals surface area contributed by atoms with Gasteiger partial charge in [0, 0.05) is 12.1 Å². The van der Waals surface area contributed by atoms with E-state index in [9.17, 15) is 9.59 Å². The highest BCUT2D eigenvalue weighted by Crippen LogP contribution is 2.26. The Kier molecular flexibility index (Phi) is 5.71. The van der Waals surface area contributed by atoms with Crippen molar-refractivity contribution in [2.24, 2.45) is 0 Å². The van der Waals surface area contributed by atoms with E-state index in [1.54, 1.807) is 30.3 Å². The van der Waals surface area contributed by atoms with Gasteiger partial charge in [-0.2, -0.15) is 0 Å². The van der Waals surface area contributed by atoms with E-state index in [4.69, 9.17) is 16.0 Å². The maximum absolute atomic E-state index is 12.1. The Balaban J connectivity index is 1.57. The molecule has 3 rings (SSSR count). The molecule has 0 fully saturated rings. The lowest BCUT2D eigenvalue weighted by Gasteiger charge is -2.09. The van der Waals surface area contributed by atoms with Crippen LogP contribution >= 0.6 is 11.6 Å². The number of halogens is 1. The maximum Gasteiger partial charge on any atom is 0.291 e. The highest BCUT2D eigenvalue weighted by molar-refractivity contribution is 6.34. The second-order valence-corrected chi connectivity index (χ2v) is 6.07. The normalized spacial score (nSPS) is 10.3. The van der Waals surface area contributed by atoms with Crippen molar-refractivity contribution in [1.29, 1.82) is 0 Å². The molecule has 132 valence electrons. The molecule has 2 N–H and O–H groups in total. The summed E-state index contributed by atoms with van der Waals surface area (Å²) in [6, 6.07) is 17.9. The predicted octanol–water partition coefficient (Wildman–Crippen LogP) is 4.76. The van der Waals surface area contributed by atoms with Gasteiger partial charge in [-0.15, -0.1) is 0 Å². The maximum atomic E-state index is 12.1. The highest BCUT2D eigenvalue weighted by Gasteiger charge is 2.12. The second kappa shape index (κ2) is 8.36. The van der Waals surface area contributed by atoms with Crippen molar-refractivity contribution in [2.75, 3.05) is 10.6 Å². The molecule has 0 saturated carbocycles. The lowest BCUT2D eigenvalue weighted by Crippen LogP contribution is -2.13. The first-order chi connectivity index (χ1) is 12.6. The summed E-state index contributed by atoms with van der Waals surface area (Å²) < 4.78 is 5.03. The minimum Gasteiger partial charge on any atom is -0.459 e. The van der Waals surface area contributed by atoms with Crippen LogP contribution in [0.2, 0.25) is 5.02 Å². The third-order valence-electron chi connectivity index (χ3n) is 3.73. The molecule has 0 atom stereocenters. The number of hydrogen-bond donors (Lipinski definition) is 2. The van der Waals surface area contributed by atoms with E-state index < -0.39 is 5.91 Å². The van der Waals surface area contributed by atoms with E-state index in [-0.39, 0.29) is 11.7 Å². The van der Waals surface area contributed by atoms with Crippen LogP contribution in [0.5, 0.6) is 0 Å². The van der Waals surface area contributed by atoms with Gasteiger partial charge in [-0.3, -0.25) is 9.59 Å². The van der Waals surface area contributed by atoms with E-state index in [1.165, 1.54) is 6.26 Å². The topological polar surface area (TPSA) is 71.3 Å². The zero-order valence-electron chi connectivity index (χ0n) is 13.9. The number of carbonyl (C=O) groups is 2. The zero-order valence-corrected chi connectivity index (χ0v) is 14.6. The summed E-state index contributed by atoms with van der Waals surface area (Å²) in [5.41, 5.74) is 2.12. The van der Waals surface area contributed by atoms with Crippen molar-refractivity contribution in [2.45, 2.75) is 12.8 Å². The van der Waals surface area contributed by atoms with Crippen LogP contribution < -0.4 is 10.6 Å². The van der Waals surface area contributed by atoms with Crippen LogP contribution in [-0.2, 0) is 11.2 Å². The SMILES string of the molecule is O=C(CCc1ccccc1)Nc1ccc(NC(=O)c2ccco2)c(Cl)c1. The number of aryl methyl sites for hydroxylation is 1. The number of anilines is 2. The molecular weight excluding hydrogens is 352 g/mol. The second-order valence-electron chi connectivity index (χ2n) is 5.66. The van der Waals surface area contributed by atoms with E-state index in [2.05, 4.69) is 10.6 Å². The minimum atomic E-state index is -0.392. The Labute approximate surface area is 156 Å². The number of rotatable bonds is 6. The molecule has 0 saturated heterocycles. The van der Waals surface area contributed by atoms with Crippen molar-refractivity contribution >= 4 is 34.8 Å². The first-order valence-corrected chi connectivity index (χ1v) is 8.48. The number of hydrogen-bond acceptors (Lipinski definition) is 3. The van der Waals surface area contributed by atoms with Gasteiger partial charge in [0.05, 0.1) is 17.0 Å². The summed E-state index contributed by atoms with van der Waals surface area (Å²) in [5.74, 6) is -0.298. The molecule has 26 heavy (non-hydrogen) atoms. The van der Waals surface area contributed by atoms with Gasteiger partial charge < -0.3 is 15.1 Å². The lowest BCUT2D eigenvalue weighted by molar-refractivity contribution is -0.116. The molecule has 0 unspecified atom stereocenters. The fourth-order valence-corrected chi connectivity index (χ4v) is 2.64. The molecule has 2 aromatic carbocycles. The molecule has 2 amide bonds. The quantitative estimate of drug-likeness (QED) is 0.659. The summed E-state index contributed by atoms with van der Waals surface area (Å²) in [6.45, 7) is 0. The van der Waals surface area contributed by atoms with Gasteiger partial charge in [0.1, 0.15) is 0 Å². The fourth-order valence-electron chi connectivity index (χ4n) is 2.41. The van der Waals surface area contributed by atoms with Gasteiger partial charge in [0.25, 0.3) is 5.91 Å². The van der Waals surface area contributed by atoms with Gasteiger partial charge in [0.2, 0.25) is 5.91 Å². The van der Waals surface area contributed by atoms with Gasteiger partial charge in [0.15, 0.2) is 5.76 Å². The van der Waals surface area contributed by atoms with Crippen LogP contribution in [-0.4, -0.2) is 11.8 Å². The Morgan fingerprint density at radius 1 is 0.962 bits per heavy atom. The van der Waals surface area contributed by atoms with Crippen LogP contribution in [0.4, 0.5) is 11.4 Å². The Bertz CT molecular complexity index is 893. The molecule has 0 bridgehead atoms. The van der Waals surface area contributed by atoms with E-state index in [0.717, 1.165) is 5.56 Å². The third-order valence-corrected chi connectivity index (χ3v) is 4.04. The summed E-state index contributed by atoms with van der Waals surface area (Å²) >= 11 is 6.19. The molecule has 3 aromatic rings. The summed E-state index contributed by atoms with van der Waals surface area (Å²) in [5, 5.41) is 5.79. The fraction of sp³-hybridized carbons (Fsp3) is 0.100. The van der Waals surface area contributed by atoms with E-state index in [0.29, 0.717) is 29.2 Å². The van der Waals surface area contributed by atoms with Gasteiger partial charge in [-0.25, -0.2) is 0 Å². The average Bonchev–Trinajstić information content (AvgIpc) is 3.18. The molecule has 1 heterocycles. The first kappa shape index (κ1) is 17.8. The molecule has 0 aliphatic carbocycles. The molecule has 5 nitrogen and oxygen atoms in total. The standard InChI is InChI=1S/C20H17ClN2O3/c21-16-13-15(22-19(24)11-8-14-5-2-1-3-6-14)9-10-17(16)23-20(25)18-7-4-12-26-18/h1-7,9-10,12-13H,8,11H2,(H,22,24)(H,23,25). The predicted molar refractivity (Wildman–Crippen MR) is 102 cm³/mol. The molecule has 1 aromatic heterocycles. The largest absolute Gasteiger partial charge is 0.459 e. The van der Waals surface area contributed by atoms with Crippen LogP contribution in [0.1, 0.15) is 22.5 Å². The van der Waals surface area contributed by atoms with Crippen molar-refractivity contribution in [3.63, 3.8) is 0 Å². The van der Waals surface area contributed by atoms with Crippen molar-refractivity contribution in [1.82, 2.24) is 0 Å². The molecular formula is C20H17ClN2O3. The Morgan fingerprint density at radius 2 is 1.77 bits per heavy atom. The van der Waals surface area contributed by atoms with Crippen molar-refractivity contribution in [3.05, 3.63) is 83.3 Å². The van der Waals surface area contributed by atoms with E-state index >= 15 is 0 Å². The average molecular weight is 369 g/mol. The van der Waals surface area contributed by atoms with E-state index in [1.807, 2.05) is 30.3 Å². The Morgan fingerprint density at radius 3 is 2.46 bits per heavy atom. The van der Waals surface area contributed by atoms with Crippen LogP contribution in [0.15, 0.2) is 71.3 Å². The molecule has 0 radical (unpaired) electrons. The summed E-state index contributed by atoms with van der Waals surface area (Å²) in [7, 11) is 0. The third kappa shape index (κ3) is 4.74. The summed E-state index contributed by atoms with van der Waals surface area (Å²) in [6.07, 6.45) is 2.46. The summed E-state index contributed by atoms with van der Waals surface area (Å²) in [4.78, 5) is 24.1. The van der Waals surface area contributed by atoms with Crippen LogP contribution in [0.3, 0.4) is 0 Å². The number of amides is 2. The number of benzene rings is 2. The van der Waals surface area contributed by atoms with Crippen LogP contribution in [0.25, 0.3) is 0 Å². The van der Waals surface area contributed by atoms with Crippen LogP contribution in [0, 0.1) is 0 Å². The number of nitrogens with one attached hydrogen (secondary N) is 2. The Hall–Kier alpha value is -3.05. The minimum absolute atomic E-state index is 0.0997. The molecule has 0 aliphatic rings. The van der Waals surface area contributed by atoms with Crippen molar-refractivity contribution < 1.29 is 14.0 Å². The first-order valence-electron chi connectivity index (χ1n) is 8.10. The number of furan rings is 1. The molecule has 0 aliphatic heterocycles. The molecule has 0 spiro atoms. The smallest absolute Gasteiger partial charge is 0.291 e. The van der Waals surface area contributed by atoms with Gasteiger partial charge >= 0.3 is 0 Å². The lowest BCUT2D eigenvalue weighted by atomic mass is 10.1. The monoisotopic (exact) mass is 368 g/mol. The highest BCUT2D eigenvalue weighted by atomic mass is 35.5. The van der Waals surface area contributed by atoms with Gasteiger partial charge in [-0.05, 0) is 42.3 Å². The van der Waals surface area contributed by atoms with Gasteiger partial charge in [-0.1, -0.05) is 41.9 Å². The molecule has 6 heteroatoms.